The minimum Gasteiger partial charge on any atom is -0.352 e. The van der Waals surface area contributed by atoms with Crippen LogP contribution in [0.5, 0.6) is 0 Å². The van der Waals surface area contributed by atoms with Crippen LogP contribution in [0.15, 0.2) is 83.8 Å². The van der Waals surface area contributed by atoms with Gasteiger partial charge in [-0.2, -0.15) is 0 Å². The van der Waals surface area contributed by atoms with Gasteiger partial charge in [0.25, 0.3) is 11.8 Å². The number of allylic oxidation sites excluding steroid dienone is 4. The average molecular weight is 577 g/mol. The van der Waals surface area contributed by atoms with E-state index in [9.17, 15) is 18.0 Å². The molecule has 1 fully saturated rings. The highest BCUT2D eigenvalue weighted by Crippen LogP contribution is 2.22. The molecule has 1 aliphatic carbocycles. The second-order valence-corrected chi connectivity index (χ2v) is 12.3. The third kappa shape index (κ3) is 10.2. The lowest BCUT2D eigenvalue weighted by Gasteiger charge is -2.23. The van der Waals surface area contributed by atoms with Gasteiger partial charge in [0.2, 0.25) is 10.0 Å². The van der Waals surface area contributed by atoms with E-state index in [2.05, 4.69) is 27.4 Å². The van der Waals surface area contributed by atoms with E-state index in [4.69, 9.17) is 0 Å². The molecular weight excluding hydrogens is 536 g/mol. The van der Waals surface area contributed by atoms with Crippen LogP contribution in [0.25, 0.3) is 0 Å². The summed E-state index contributed by atoms with van der Waals surface area (Å²) < 4.78 is 25.3. The van der Waals surface area contributed by atoms with E-state index < -0.39 is 10.0 Å². The van der Waals surface area contributed by atoms with Crippen molar-refractivity contribution in [2.45, 2.75) is 51.6 Å². The number of nitrogens with zero attached hydrogens (tertiary/aromatic N) is 1. The van der Waals surface area contributed by atoms with Crippen LogP contribution in [-0.4, -0.2) is 52.7 Å². The Morgan fingerprint density at radius 3 is 2.34 bits per heavy atom. The molecular formula is C32H40N4O4S. The first-order chi connectivity index (χ1) is 19.5. The van der Waals surface area contributed by atoms with E-state index in [1.807, 2.05) is 62.4 Å². The van der Waals surface area contributed by atoms with Gasteiger partial charge in [0.1, 0.15) is 0 Å². The van der Waals surface area contributed by atoms with E-state index in [0.29, 0.717) is 12.6 Å². The number of anilines is 1. The molecule has 2 aromatic rings. The molecule has 3 N–H and O–H groups in total. The van der Waals surface area contributed by atoms with E-state index in [1.165, 1.54) is 43.7 Å². The summed E-state index contributed by atoms with van der Waals surface area (Å²) in [5.74, 6) is -0.731. The van der Waals surface area contributed by atoms with Crippen LogP contribution in [0.2, 0.25) is 0 Å². The zero-order chi connectivity index (χ0) is 29.8. The molecule has 0 unspecified atom stereocenters. The summed E-state index contributed by atoms with van der Waals surface area (Å²) >= 11 is 0. The van der Waals surface area contributed by atoms with Crippen molar-refractivity contribution in [3.63, 3.8) is 0 Å². The van der Waals surface area contributed by atoms with Crippen LogP contribution in [0.3, 0.4) is 0 Å². The summed E-state index contributed by atoms with van der Waals surface area (Å²) in [5, 5.41) is 9.28. The first kappa shape index (κ1) is 31.7. The number of nitrogens with one attached hydrogen (secondary N) is 3. The number of rotatable bonds is 9. The van der Waals surface area contributed by atoms with Crippen molar-refractivity contribution in [1.29, 1.82) is 0 Å². The van der Waals surface area contributed by atoms with Crippen molar-refractivity contribution >= 4 is 27.5 Å². The van der Waals surface area contributed by atoms with E-state index in [0.717, 1.165) is 35.5 Å². The number of amides is 2. The lowest BCUT2D eigenvalue weighted by molar-refractivity contribution is 0.0940. The fourth-order valence-corrected chi connectivity index (χ4v) is 4.90. The molecule has 0 bridgehead atoms. The second-order valence-electron chi connectivity index (χ2n) is 10.3. The standard InChI is InChI=1S/C25H34N4O4S.C7H6/c1-18(19-9-5-4-6-10-19)28-25(31)21-15-20(16-23(17-21)29(2)34(3,32)33)24(30)27-14-12-22-11-7-8-13-26-22;1-7-5-3-2-4-6-7/h4-6,9-10,15-18,22,26H,7-8,11-14H2,1-3H3,(H,27,30)(H,28,31);3,5-6H,1H3/t18-,22-;/m1./s1. The highest BCUT2D eigenvalue weighted by atomic mass is 32.2. The van der Waals surface area contributed by atoms with Crippen LogP contribution in [0.1, 0.15) is 71.9 Å². The predicted molar refractivity (Wildman–Crippen MR) is 165 cm³/mol. The molecule has 1 heterocycles. The molecule has 2 amide bonds. The van der Waals surface area contributed by atoms with Crippen LogP contribution in [-0.2, 0) is 10.0 Å². The molecule has 8 nitrogen and oxygen atoms in total. The molecule has 41 heavy (non-hydrogen) atoms. The maximum Gasteiger partial charge on any atom is 0.251 e. The van der Waals surface area contributed by atoms with Gasteiger partial charge < -0.3 is 16.0 Å². The van der Waals surface area contributed by atoms with E-state index in [1.54, 1.807) is 0 Å². The summed E-state index contributed by atoms with van der Waals surface area (Å²) in [6.07, 6.45) is 11.1. The largest absolute Gasteiger partial charge is 0.352 e. The second kappa shape index (κ2) is 15.2. The molecule has 1 aliphatic heterocycles. The van der Waals surface area contributed by atoms with Crippen LogP contribution < -0.4 is 20.3 Å². The van der Waals surface area contributed by atoms with Gasteiger partial charge in [-0.05, 0) is 81.1 Å². The number of benzene rings is 2. The summed E-state index contributed by atoms with van der Waals surface area (Å²) in [6.45, 7) is 5.39. The van der Waals surface area contributed by atoms with E-state index >= 15 is 0 Å². The number of carbonyl (C=O) groups is 2. The molecule has 4 rings (SSSR count). The van der Waals surface area contributed by atoms with Crippen molar-refractivity contribution in [2.75, 3.05) is 30.7 Å². The molecule has 0 aromatic heterocycles. The molecule has 218 valence electrons. The smallest absolute Gasteiger partial charge is 0.251 e. The number of hydrogen-bond acceptors (Lipinski definition) is 5. The summed E-state index contributed by atoms with van der Waals surface area (Å²) in [4.78, 5) is 25.9. The maximum atomic E-state index is 13.0. The molecule has 0 radical (unpaired) electrons. The minimum atomic E-state index is -3.58. The fraction of sp³-hybridized carbons (Fsp3) is 0.375. The van der Waals surface area contributed by atoms with Crippen molar-refractivity contribution in [3.05, 3.63) is 100 Å². The quantitative estimate of drug-likeness (QED) is 0.377. The molecule has 2 aromatic carbocycles. The number of carbonyl (C=O) groups excluding carboxylic acids is 2. The number of sulfonamides is 1. The first-order valence-electron chi connectivity index (χ1n) is 13.9. The Labute approximate surface area is 244 Å². The van der Waals surface area contributed by atoms with Crippen LogP contribution in [0, 0.1) is 0 Å². The van der Waals surface area contributed by atoms with Gasteiger partial charge in [-0.25, -0.2) is 8.42 Å². The maximum absolute atomic E-state index is 13.0. The zero-order valence-electron chi connectivity index (χ0n) is 24.2. The highest BCUT2D eigenvalue weighted by Gasteiger charge is 2.20. The summed E-state index contributed by atoms with van der Waals surface area (Å²) in [6, 6.07) is 14.1. The molecule has 0 saturated carbocycles. The third-order valence-electron chi connectivity index (χ3n) is 6.95. The normalized spacial score (nSPS) is 16.6. The molecule has 2 atom stereocenters. The van der Waals surface area contributed by atoms with Gasteiger partial charge in [-0.15, -0.1) is 0 Å². The minimum absolute atomic E-state index is 0.217. The van der Waals surface area contributed by atoms with Crippen LogP contribution in [0.4, 0.5) is 5.69 Å². The Morgan fingerprint density at radius 2 is 1.78 bits per heavy atom. The number of hydrogen-bond donors (Lipinski definition) is 3. The molecule has 1 saturated heterocycles. The Bertz CT molecular complexity index is 1450. The zero-order valence-corrected chi connectivity index (χ0v) is 25.1. The number of piperidine rings is 1. The summed E-state index contributed by atoms with van der Waals surface area (Å²) in [5.41, 5.74) is 8.53. The topological polar surface area (TPSA) is 108 Å². The van der Waals surface area contributed by atoms with Crippen molar-refractivity contribution in [2.24, 2.45) is 0 Å². The summed E-state index contributed by atoms with van der Waals surface area (Å²) in [7, 11) is -2.18. The SMILES string of the molecule is CC1=CC=C=C=C1.C[C@@H](NC(=O)c1cc(C(=O)NCC[C@H]2CCCCN2)cc(N(C)S(C)(=O)=O)c1)c1ccccc1. The van der Waals surface area contributed by atoms with Crippen molar-refractivity contribution in [3.8, 4) is 0 Å². The van der Waals surface area contributed by atoms with Crippen LogP contribution >= 0.6 is 0 Å². The Balaban J connectivity index is 0.000000575. The highest BCUT2D eigenvalue weighted by molar-refractivity contribution is 7.92. The Morgan fingerprint density at radius 1 is 1.07 bits per heavy atom. The van der Waals surface area contributed by atoms with Gasteiger partial charge in [-0.3, -0.25) is 13.9 Å². The monoisotopic (exact) mass is 576 g/mol. The first-order valence-corrected chi connectivity index (χ1v) is 15.7. The predicted octanol–water partition coefficient (Wildman–Crippen LogP) is 4.65. The van der Waals surface area contributed by atoms with E-state index in [-0.39, 0.29) is 34.7 Å². The van der Waals surface area contributed by atoms with Crippen molar-refractivity contribution < 1.29 is 18.0 Å². The molecule has 0 spiro atoms. The van der Waals surface area contributed by atoms with Gasteiger partial charge in [0.15, 0.2) is 0 Å². The average Bonchev–Trinajstić information content (AvgIpc) is 2.97. The molecule has 2 aliphatic rings. The van der Waals surface area contributed by atoms with Gasteiger partial charge in [-0.1, -0.05) is 54.3 Å². The van der Waals surface area contributed by atoms with Crippen molar-refractivity contribution in [1.82, 2.24) is 16.0 Å². The Hall–Kier alpha value is -3.87. The fourth-order valence-electron chi connectivity index (χ4n) is 4.41. The lowest BCUT2D eigenvalue weighted by Crippen LogP contribution is -2.37. The molecule has 9 heteroatoms. The lowest BCUT2D eigenvalue weighted by atomic mass is 10.0. The van der Waals surface area contributed by atoms with Gasteiger partial charge in [0.05, 0.1) is 18.0 Å². The third-order valence-corrected chi connectivity index (χ3v) is 8.16. The Kier molecular flexibility index (Phi) is 11.7. The van der Waals surface area contributed by atoms with Gasteiger partial charge in [0, 0.05) is 30.8 Å². The van der Waals surface area contributed by atoms with Gasteiger partial charge >= 0.3 is 0 Å².